The Labute approximate surface area is 395 Å². The summed E-state index contributed by atoms with van der Waals surface area (Å²) in [6.45, 7) is 16.3. The molecule has 0 heterocycles. The first-order valence-electron chi connectivity index (χ1n) is 24.0. The number of benzene rings is 6. The summed E-state index contributed by atoms with van der Waals surface area (Å²) < 4.78 is 19.0. The van der Waals surface area contributed by atoms with Gasteiger partial charge in [-0.05, 0) is 154 Å². The Morgan fingerprint density at radius 3 is 1.02 bits per heavy atom. The van der Waals surface area contributed by atoms with Crippen LogP contribution in [0.1, 0.15) is 122 Å². The Morgan fingerprint density at radius 1 is 0.409 bits per heavy atom. The van der Waals surface area contributed by atoms with Crippen LogP contribution in [0, 0.1) is 51.4 Å². The molecule has 0 radical (unpaired) electrons. The fourth-order valence-corrected chi connectivity index (χ4v) is 10.3. The first kappa shape index (κ1) is 50.9. The van der Waals surface area contributed by atoms with E-state index in [1.807, 2.05) is 58.9 Å². The van der Waals surface area contributed by atoms with E-state index in [-0.39, 0.29) is 0 Å². The van der Waals surface area contributed by atoms with Crippen LogP contribution < -0.4 is 9.47 Å². The minimum atomic E-state index is -0.723. The molecular formula is C60H72O6. The summed E-state index contributed by atoms with van der Waals surface area (Å²) in [6.07, 6.45) is 9.11. The van der Waals surface area contributed by atoms with Gasteiger partial charge in [-0.1, -0.05) is 171 Å². The maximum atomic E-state index is 11.6. The third-order valence-electron chi connectivity index (χ3n) is 13.0. The highest BCUT2D eigenvalue weighted by Crippen LogP contribution is 2.54. The molecule has 0 aliphatic heterocycles. The van der Waals surface area contributed by atoms with E-state index in [2.05, 4.69) is 139 Å². The number of methoxy groups -OCH3 is 2. The Hall–Kier alpha value is -6.14. The lowest BCUT2D eigenvalue weighted by Crippen LogP contribution is -2.38. The third-order valence-corrected chi connectivity index (χ3v) is 13.0. The summed E-state index contributed by atoms with van der Waals surface area (Å²) in [4.78, 5) is 22.2. The second kappa shape index (κ2) is 25.0. The Balaban J connectivity index is 0.000000194. The molecule has 0 N–H and O–H groups in total. The highest BCUT2D eigenvalue weighted by molar-refractivity contribution is 5.68. The predicted molar refractivity (Wildman–Crippen MR) is 270 cm³/mol. The fourth-order valence-electron chi connectivity index (χ4n) is 10.3. The largest absolute Gasteiger partial charge is 0.513 e. The van der Waals surface area contributed by atoms with Crippen LogP contribution in [0.15, 0.2) is 146 Å². The maximum Gasteiger partial charge on any atom is 0.513 e. The summed E-state index contributed by atoms with van der Waals surface area (Å²) in [7, 11) is 2.58. The zero-order valence-electron chi connectivity index (χ0n) is 41.1. The minimum absolute atomic E-state index is 0.456. The molecule has 11 rings (SSSR count). The molecule has 4 saturated carbocycles. The molecule has 5 aliphatic rings. The van der Waals surface area contributed by atoms with Crippen LogP contribution in [0.4, 0.5) is 9.59 Å². The summed E-state index contributed by atoms with van der Waals surface area (Å²) in [5, 5.41) is 0. The van der Waals surface area contributed by atoms with E-state index in [4.69, 9.17) is 9.47 Å². The van der Waals surface area contributed by atoms with Gasteiger partial charge in [0.05, 0.1) is 19.6 Å². The molecule has 0 saturated heterocycles. The van der Waals surface area contributed by atoms with E-state index >= 15 is 0 Å². The number of ether oxygens (including phenoxy) is 4. The zero-order chi connectivity index (χ0) is 47.6. The number of carbonyl (C=O) groups excluding carboxylic acids is 2. The van der Waals surface area contributed by atoms with Crippen molar-refractivity contribution in [3.8, 4) is 11.5 Å². The minimum Gasteiger partial charge on any atom is -0.437 e. The molecule has 0 amide bonds. The lowest BCUT2D eigenvalue weighted by Gasteiger charge is -2.49. The highest BCUT2D eigenvalue weighted by Gasteiger charge is 2.44. The van der Waals surface area contributed by atoms with E-state index in [0.29, 0.717) is 11.5 Å². The number of hydrogen-bond donors (Lipinski definition) is 0. The van der Waals surface area contributed by atoms with E-state index in [1.54, 1.807) is 50.7 Å². The topological polar surface area (TPSA) is 71.1 Å². The molecule has 5 aliphatic carbocycles. The number of hydrogen-bond acceptors (Lipinski definition) is 6. The lowest BCUT2D eigenvalue weighted by atomic mass is 9.56. The number of carbonyl (C=O) groups is 2. The van der Waals surface area contributed by atoms with E-state index < -0.39 is 17.7 Å². The maximum absolute atomic E-state index is 11.6. The van der Waals surface area contributed by atoms with Gasteiger partial charge in [0.2, 0.25) is 0 Å². The smallest absolute Gasteiger partial charge is 0.437 e. The van der Waals surface area contributed by atoms with Crippen LogP contribution in [-0.4, -0.2) is 26.5 Å². The average molecular weight is 889 g/mol. The van der Waals surface area contributed by atoms with Gasteiger partial charge in [0.15, 0.2) is 0 Å². The van der Waals surface area contributed by atoms with Crippen molar-refractivity contribution >= 4 is 12.3 Å². The molecule has 66 heavy (non-hydrogen) atoms. The summed E-state index contributed by atoms with van der Waals surface area (Å²) >= 11 is 0. The number of fused-ring (bicyclic) bond motifs is 2. The van der Waals surface area contributed by atoms with E-state index in [9.17, 15) is 9.59 Å². The highest BCUT2D eigenvalue weighted by atomic mass is 16.7. The Morgan fingerprint density at radius 2 is 0.682 bits per heavy atom. The van der Waals surface area contributed by atoms with Gasteiger partial charge < -0.3 is 18.9 Å². The van der Waals surface area contributed by atoms with Crippen molar-refractivity contribution in [1.82, 2.24) is 0 Å². The van der Waals surface area contributed by atoms with Gasteiger partial charge in [-0.25, -0.2) is 9.59 Å². The normalized spacial score (nSPS) is 18.3. The number of rotatable bonds is 4. The van der Waals surface area contributed by atoms with Crippen molar-refractivity contribution in [3.63, 3.8) is 0 Å². The summed E-state index contributed by atoms with van der Waals surface area (Å²) in [5.41, 5.74) is 12.1. The molecule has 0 unspecified atom stereocenters. The quantitative estimate of drug-likeness (QED) is 0.129. The van der Waals surface area contributed by atoms with Crippen molar-refractivity contribution in [2.24, 2.45) is 23.7 Å². The Kier molecular flexibility index (Phi) is 19.2. The molecule has 4 bridgehead atoms. The van der Waals surface area contributed by atoms with Crippen molar-refractivity contribution < 1.29 is 28.5 Å². The van der Waals surface area contributed by atoms with Gasteiger partial charge in [0.1, 0.15) is 11.5 Å². The average Bonchev–Trinajstić information content (AvgIpc) is 3.34. The van der Waals surface area contributed by atoms with Crippen LogP contribution in [-0.2, 0) is 21.3 Å². The van der Waals surface area contributed by atoms with Crippen molar-refractivity contribution in [1.29, 1.82) is 0 Å². The van der Waals surface area contributed by atoms with Gasteiger partial charge in [-0.15, -0.1) is 0 Å². The second-order valence-electron chi connectivity index (χ2n) is 17.6. The molecule has 6 aromatic carbocycles. The standard InChI is InChI=1S/C29H24O3.C10H16.C9H10O3.C8H10.2C2H6/c1-20-11-13-23(14-12-20)29(24-15-17-25(18-16-24)32-28(30)31-2)26-9-5-3-7-21(26)19-22-8-4-6-10-27(22)29;1-7-2-9-4-8(1)5-10(3-7)6-9;1-7-3-5-8(6-4-7)12-9(10)11-2;1-7-3-5-8(2)6-4-7;2*1-2/h3-18H,19H2,1-2H3;7-10H,1-6H2;3-6H,1-2H3;3-6H,1-2H3;2*1-2H3. The molecule has 6 nitrogen and oxygen atoms in total. The fraction of sp³-hybridized carbons (Fsp3) is 0.367. The number of aryl methyl sites for hydroxylation is 4. The predicted octanol–water partition coefficient (Wildman–Crippen LogP) is 15.8. The van der Waals surface area contributed by atoms with Gasteiger partial charge in [-0.3, -0.25) is 0 Å². The van der Waals surface area contributed by atoms with Gasteiger partial charge in [0, 0.05) is 0 Å². The SMILES string of the molecule is C1C2CC3CC1CC(C2)C3.CC.CC.COC(=O)Oc1ccc(C)cc1.COC(=O)Oc1ccc(C2(c3ccc(C)cc3)c3ccccc3Cc3ccccc32)cc1.Cc1ccc(C)cc1. The van der Waals surface area contributed by atoms with Gasteiger partial charge >= 0.3 is 12.3 Å². The summed E-state index contributed by atoms with van der Waals surface area (Å²) in [6, 6.07) is 49.6. The molecule has 4 fully saturated rings. The Bertz CT molecular complexity index is 2270. The third kappa shape index (κ3) is 13.0. The van der Waals surface area contributed by atoms with Gasteiger partial charge in [-0.2, -0.15) is 0 Å². The second-order valence-corrected chi connectivity index (χ2v) is 17.6. The molecule has 348 valence electrons. The van der Waals surface area contributed by atoms with Crippen LogP contribution in [0.2, 0.25) is 0 Å². The van der Waals surface area contributed by atoms with Crippen LogP contribution in [0.25, 0.3) is 0 Å². The first-order valence-corrected chi connectivity index (χ1v) is 24.0. The van der Waals surface area contributed by atoms with E-state index in [1.165, 1.54) is 82.4 Å². The molecule has 6 aromatic rings. The summed E-state index contributed by atoms with van der Waals surface area (Å²) in [5.74, 6) is 5.66. The molecular weight excluding hydrogens is 817 g/mol. The lowest BCUT2D eigenvalue weighted by molar-refractivity contribution is 0.0198. The van der Waals surface area contributed by atoms with Crippen molar-refractivity contribution in [3.05, 3.63) is 201 Å². The monoisotopic (exact) mass is 889 g/mol. The molecule has 0 aromatic heterocycles. The van der Waals surface area contributed by atoms with Gasteiger partial charge in [0.25, 0.3) is 0 Å². The first-order chi connectivity index (χ1) is 32.0. The molecule has 6 heteroatoms. The van der Waals surface area contributed by atoms with Crippen molar-refractivity contribution in [2.75, 3.05) is 14.2 Å². The molecule has 0 atom stereocenters. The van der Waals surface area contributed by atoms with Crippen molar-refractivity contribution in [2.45, 2.75) is 106 Å². The van der Waals surface area contributed by atoms with Crippen LogP contribution in [0.5, 0.6) is 11.5 Å². The van der Waals surface area contributed by atoms with Crippen LogP contribution >= 0.6 is 0 Å². The van der Waals surface area contributed by atoms with Crippen LogP contribution in [0.3, 0.4) is 0 Å². The van der Waals surface area contributed by atoms with E-state index in [0.717, 1.165) is 17.5 Å². The zero-order valence-corrected chi connectivity index (χ0v) is 41.1. The molecule has 0 spiro atoms.